The van der Waals surface area contributed by atoms with Gasteiger partial charge in [-0.3, -0.25) is 4.79 Å². The predicted molar refractivity (Wildman–Crippen MR) is 85.2 cm³/mol. The highest BCUT2D eigenvalue weighted by Crippen LogP contribution is 2.18. The number of nitrogens with one attached hydrogen (secondary N) is 1. The number of benzene rings is 1. The molecule has 1 aliphatic heterocycles. The summed E-state index contributed by atoms with van der Waals surface area (Å²) in [5, 5.41) is 2.81. The fraction of sp³-hybridized carbons (Fsp3) is 0.412. The summed E-state index contributed by atoms with van der Waals surface area (Å²) in [6, 6.07) is 7.65. The Labute approximate surface area is 125 Å². The van der Waals surface area contributed by atoms with Crippen molar-refractivity contribution in [2.75, 3.05) is 0 Å². The Balaban J connectivity index is 2.12. The fourth-order valence-corrected chi connectivity index (χ4v) is 2.07. The second-order valence-electron chi connectivity index (χ2n) is 5.88. The topological polar surface area (TPSA) is 50.7 Å². The number of hydrogen-bond acceptors (Lipinski definition) is 3. The molecule has 1 aromatic carbocycles. The van der Waals surface area contributed by atoms with Crippen LogP contribution in [-0.2, 0) is 4.79 Å². The monoisotopic (exact) mass is 286 g/mol. The Bertz CT molecular complexity index is 569. The van der Waals surface area contributed by atoms with Gasteiger partial charge in [-0.05, 0) is 43.5 Å². The maximum Gasteiger partial charge on any atom is 0.275 e. The minimum atomic E-state index is -0.131. The molecule has 0 saturated heterocycles. The van der Waals surface area contributed by atoms with Crippen LogP contribution in [0.1, 0.15) is 39.7 Å². The van der Waals surface area contributed by atoms with Crippen molar-refractivity contribution in [3.63, 3.8) is 0 Å². The van der Waals surface area contributed by atoms with Crippen molar-refractivity contribution < 1.29 is 9.53 Å². The van der Waals surface area contributed by atoms with E-state index in [-0.39, 0.29) is 12.0 Å². The van der Waals surface area contributed by atoms with E-state index in [1.165, 1.54) is 0 Å². The van der Waals surface area contributed by atoms with Crippen LogP contribution in [0.2, 0.25) is 0 Å². The first kappa shape index (κ1) is 15.3. The zero-order valence-corrected chi connectivity index (χ0v) is 13.0. The highest BCUT2D eigenvalue weighted by atomic mass is 16.5. The van der Waals surface area contributed by atoms with Crippen molar-refractivity contribution in [3.05, 3.63) is 35.5 Å². The molecular weight excluding hydrogens is 264 g/mol. The van der Waals surface area contributed by atoms with Gasteiger partial charge in [0.25, 0.3) is 5.91 Å². The van der Waals surface area contributed by atoms with Gasteiger partial charge in [0.1, 0.15) is 17.3 Å². The zero-order chi connectivity index (χ0) is 15.4. The summed E-state index contributed by atoms with van der Waals surface area (Å²) in [6.45, 7) is 8.18. The number of ether oxygens (including phenoxy) is 1. The first-order valence-electron chi connectivity index (χ1n) is 7.31. The number of amides is 1. The molecule has 1 aromatic rings. The standard InChI is InChI=1S/C17H22N2O2/c1-11(2)9-16-18-15(17(20)19-16)10-13-5-7-14(8-6-13)21-12(3)4/h5-8,10-12H,9H2,1-4H3,(H,18,19,20)/b15-10+. The summed E-state index contributed by atoms with van der Waals surface area (Å²) >= 11 is 0. The lowest BCUT2D eigenvalue weighted by Gasteiger charge is -2.09. The Kier molecular flexibility index (Phi) is 4.78. The molecule has 112 valence electrons. The summed E-state index contributed by atoms with van der Waals surface area (Å²) in [7, 11) is 0. The molecule has 0 saturated carbocycles. The predicted octanol–water partition coefficient (Wildman–Crippen LogP) is 3.39. The molecule has 4 heteroatoms. The average molecular weight is 286 g/mol. The molecule has 0 spiro atoms. The molecule has 1 N–H and O–H groups in total. The third kappa shape index (κ3) is 4.45. The van der Waals surface area contributed by atoms with Crippen LogP contribution in [-0.4, -0.2) is 17.8 Å². The first-order valence-corrected chi connectivity index (χ1v) is 7.31. The second kappa shape index (κ2) is 6.57. The van der Waals surface area contributed by atoms with Crippen molar-refractivity contribution in [1.82, 2.24) is 5.32 Å². The van der Waals surface area contributed by atoms with Crippen molar-refractivity contribution in [3.8, 4) is 5.75 Å². The SMILES string of the molecule is CC(C)CC1=N/C(=C/c2ccc(OC(C)C)cc2)C(=O)N1. The molecule has 0 bridgehead atoms. The minimum absolute atomic E-state index is 0.131. The van der Waals surface area contributed by atoms with Crippen LogP contribution in [0.5, 0.6) is 5.75 Å². The van der Waals surface area contributed by atoms with E-state index < -0.39 is 0 Å². The number of carbonyl (C=O) groups excluding carboxylic acids is 1. The summed E-state index contributed by atoms with van der Waals surface area (Å²) in [6.07, 6.45) is 2.73. The second-order valence-corrected chi connectivity index (χ2v) is 5.88. The normalized spacial score (nSPS) is 16.6. The van der Waals surface area contributed by atoms with Crippen LogP contribution in [0.15, 0.2) is 35.0 Å². The van der Waals surface area contributed by atoms with E-state index in [9.17, 15) is 4.79 Å². The number of carbonyl (C=O) groups is 1. The molecule has 1 amide bonds. The molecule has 0 unspecified atom stereocenters. The van der Waals surface area contributed by atoms with E-state index in [2.05, 4.69) is 24.2 Å². The lowest BCUT2D eigenvalue weighted by Crippen LogP contribution is -2.24. The lowest BCUT2D eigenvalue weighted by molar-refractivity contribution is -0.115. The number of aliphatic imine (C=N–C) groups is 1. The van der Waals surface area contributed by atoms with E-state index in [1.54, 1.807) is 6.08 Å². The highest BCUT2D eigenvalue weighted by molar-refractivity contribution is 6.14. The number of nitrogens with zero attached hydrogens (tertiary/aromatic N) is 1. The van der Waals surface area contributed by atoms with Gasteiger partial charge in [-0.15, -0.1) is 0 Å². The van der Waals surface area contributed by atoms with Crippen molar-refractivity contribution in [2.24, 2.45) is 10.9 Å². The zero-order valence-electron chi connectivity index (χ0n) is 13.0. The molecule has 1 heterocycles. The van der Waals surface area contributed by atoms with Gasteiger partial charge < -0.3 is 10.1 Å². The van der Waals surface area contributed by atoms with E-state index in [4.69, 9.17) is 4.74 Å². The van der Waals surface area contributed by atoms with Gasteiger partial charge in [-0.1, -0.05) is 26.0 Å². The molecule has 0 aliphatic carbocycles. The van der Waals surface area contributed by atoms with E-state index >= 15 is 0 Å². The molecule has 0 aromatic heterocycles. The smallest absolute Gasteiger partial charge is 0.275 e. The third-order valence-electron chi connectivity index (χ3n) is 2.90. The summed E-state index contributed by atoms with van der Waals surface area (Å²) in [5.74, 6) is 1.91. The van der Waals surface area contributed by atoms with Crippen molar-refractivity contribution in [2.45, 2.75) is 40.2 Å². The van der Waals surface area contributed by atoms with Crippen LogP contribution in [0, 0.1) is 5.92 Å². The van der Waals surface area contributed by atoms with Gasteiger partial charge in [0.05, 0.1) is 6.10 Å². The van der Waals surface area contributed by atoms with Crippen molar-refractivity contribution >= 4 is 17.8 Å². The molecular formula is C17H22N2O2. The van der Waals surface area contributed by atoms with Crippen LogP contribution < -0.4 is 10.1 Å². The Morgan fingerprint density at radius 1 is 1.19 bits per heavy atom. The van der Waals surface area contributed by atoms with Crippen LogP contribution >= 0.6 is 0 Å². The number of rotatable bonds is 5. The van der Waals surface area contributed by atoms with E-state index in [0.29, 0.717) is 11.6 Å². The third-order valence-corrected chi connectivity index (χ3v) is 2.90. The van der Waals surface area contributed by atoms with Gasteiger partial charge in [0.2, 0.25) is 0 Å². The van der Waals surface area contributed by atoms with E-state index in [1.807, 2.05) is 38.1 Å². The fourth-order valence-electron chi connectivity index (χ4n) is 2.07. The maximum absolute atomic E-state index is 11.9. The maximum atomic E-state index is 11.9. The summed E-state index contributed by atoms with van der Waals surface area (Å²) in [4.78, 5) is 16.2. The van der Waals surface area contributed by atoms with Gasteiger partial charge in [0.15, 0.2) is 0 Å². The van der Waals surface area contributed by atoms with Gasteiger partial charge in [0, 0.05) is 6.42 Å². The van der Waals surface area contributed by atoms with E-state index in [0.717, 1.165) is 23.6 Å². The molecule has 0 atom stereocenters. The average Bonchev–Trinajstić information content (AvgIpc) is 2.70. The Morgan fingerprint density at radius 2 is 1.86 bits per heavy atom. The molecule has 21 heavy (non-hydrogen) atoms. The van der Waals surface area contributed by atoms with Crippen LogP contribution in [0.25, 0.3) is 6.08 Å². The van der Waals surface area contributed by atoms with Gasteiger partial charge in [-0.2, -0.15) is 0 Å². The molecule has 1 aliphatic rings. The molecule has 4 nitrogen and oxygen atoms in total. The first-order chi connectivity index (χ1) is 9.94. The Hall–Kier alpha value is -2.10. The number of hydrogen-bond donors (Lipinski definition) is 1. The Morgan fingerprint density at radius 3 is 2.43 bits per heavy atom. The van der Waals surface area contributed by atoms with Crippen molar-refractivity contribution in [1.29, 1.82) is 0 Å². The minimum Gasteiger partial charge on any atom is -0.491 e. The molecule has 2 rings (SSSR count). The van der Waals surface area contributed by atoms with Crippen LogP contribution in [0.3, 0.4) is 0 Å². The molecule has 0 fully saturated rings. The quantitative estimate of drug-likeness (QED) is 0.843. The lowest BCUT2D eigenvalue weighted by atomic mass is 10.1. The summed E-state index contributed by atoms with van der Waals surface area (Å²) in [5.41, 5.74) is 1.40. The largest absolute Gasteiger partial charge is 0.491 e. The van der Waals surface area contributed by atoms with Crippen LogP contribution in [0.4, 0.5) is 0 Å². The summed E-state index contributed by atoms with van der Waals surface area (Å²) < 4.78 is 5.59. The molecule has 0 radical (unpaired) electrons. The highest BCUT2D eigenvalue weighted by Gasteiger charge is 2.20. The van der Waals surface area contributed by atoms with Gasteiger partial charge >= 0.3 is 0 Å². The number of amidine groups is 1. The van der Waals surface area contributed by atoms with Gasteiger partial charge in [-0.25, -0.2) is 4.99 Å².